The number of carbonyl (C=O) groups is 1. The number of nitrogens with zero attached hydrogens (tertiary/aromatic N) is 1. The second-order valence-corrected chi connectivity index (χ2v) is 11.7. The van der Waals surface area contributed by atoms with Crippen LogP contribution >= 0.6 is 11.8 Å². The van der Waals surface area contributed by atoms with E-state index in [-0.39, 0.29) is 34.7 Å². The van der Waals surface area contributed by atoms with E-state index in [9.17, 15) is 13.2 Å². The molecule has 0 radical (unpaired) electrons. The Kier molecular flexibility index (Phi) is 5.44. The first kappa shape index (κ1) is 19.8. The van der Waals surface area contributed by atoms with Crippen LogP contribution in [-0.4, -0.2) is 48.3 Å². The Balaban J connectivity index is 1.35. The average Bonchev–Trinajstić information content (AvgIpc) is 3.12. The van der Waals surface area contributed by atoms with Crippen molar-refractivity contribution in [2.45, 2.75) is 50.4 Å². The van der Waals surface area contributed by atoms with E-state index >= 15 is 0 Å². The minimum atomic E-state index is -2.94. The number of hydrogen-bond acceptors (Lipinski definition) is 6. The summed E-state index contributed by atoms with van der Waals surface area (Å²) in [6.45, 7) is 4.49. The molecule has 1 aliphatic carbocycles. The van der Waals surface area contributed by atoms with E-state index in [1.54, 1.807) is 0 Å². The number of anilines is 1. The lowest BCUT2D eigenvalue weighted by Crippen LogP contribution is -2.43. The van der Waals surface area contributed by atoms with E-state index in [1.807, 2.05) is 24.3 Å². The fraction of sp³-hybridized carbons (Fsp3) is 0.600. The van der Waals surface area contributed by atoms with E-state index in [4.69, 9.17) is 0 Å². The largest absolute Gasteiger partial charge is 0.349 e. The van der Waals surface area contributed by atoms with Crippen LogP contribution in [0.3, 0.4) is 0 Å². The van der Waals surface area contributed by atoms with Gasteiger partial charge in [-0.3, -0.25) is 9.79 Å². The topological polar surface area (TPSA) is 87.6 Å². The van der Waals surface area contributed by atoms with Crippen molar-refractivity contribution in [1.82, 2.24) is 5.32 Å². The maximum Gasteiger partial charge on any atom is 0.251 e. The number of carbonyl (C=O) groups excluding carboxylic acids is 1. The van der Waals surface area contributed by atoms with Crippen LogP contribution < -0.4 is 10.6 Å². The molecule has 6 nitrogen and oxygen atoms in total. The number of fused-ring (bicyclic) bond motifs is 1. The summed E-state index contributed by atoms with van der Waals surface area (Å²) in [4.78, 5) is 17.1. The molecule has 1 saturated carbocycles. The summed E-state index contributed by atoms with van der Waals surface area (Å²) >= 11 is 1.49. The zero-order valence-corrected chi connectivity index (χ0v) is 17.9. The van der Waals surface area contributed by atoms with Crippen LogP contribution in [0.2, 0.25) is 0 Å². The summed E-state index contributed by atoms with van der Waals surface area (Å²) in [5, 5.41) is 7.22. The van der Waals surface area contributed by atoms with Gasteiger partial charge in [0.1, 0.15) is 0 Å². The first-order valence-corrected chi connectivity index (χ1v) is 12.6. The van der Waals surface area contributed by atoms with Crippen molar-refractivity contribution in [1.29, 1.82) is 0 Å². The van der Waals surface area contributed by atoms with Crippen molar-refractivity contribution in [2.75, 3.05) is 16.8 Å². The minimum Gasteiger partial charge on any atom is -0.349 e. The van der Waals surface area contributed by atoms with Gasteiger partial charge in [0.05, 0.1) is 17.5 Å². The highest BCUT2D eigenvalue weighted by Crippen LogP contribution is 2.34. The number of benzene rings is 1. The van der Waals surface area contributed by atoms with Crippen LogP contribution in [0.25, 0.3) is 0 Å². The molecule has 1 amide bonds. The van der Waals surface area contributed by atoms with Gasteiger partial charge in [-0.05, 0) is 42.5 Å². The Morgan fingerprint density at radius 1 is 1.14 bits per heavy atom. The molecule has 152 valence electrons. The Morgan fingerprint density at radius 2 is 1.89 bits per heavy atom. The summed E-state index contributed by atoms with van der Waals surface area (Å²) in [6, 6.07) is 7.49. The number of amidine groups is 1. The molecule has 5 atom stereocenters. The van der Waals surface area contributed by atoms with Crippen LogP contribution in [0.4, 0.5) is 5.69 Å². The first-order valence-electron chi connectivity index (χ1n) is 9.93. The zero-order chi connectivity index (χ0) is 19.9. The quantitative estimate of drug-likeness (QED) is 0.784. The van der Waals surface area contributed by atoms with Crippen molar-refractivity contribution in [3.05, 3.63) is 29.8 Å². The first-order chi connectivity index (χ1) is 13.3. The van der Waals surface area contributed by atoms with Gasteiger partial charge in [0, 0.05) is 22.5 Å². The summed E-state index contributed by atoms with van der Waals surface area (Å²) in [6.07, 6.45) is 3.46. The lowest BCUT2D eigenvalue weighted by Gasteiger charge is -2.34. The number of hydrogen-bond donors (Lipinski definition) is 2. The number of nitrogens with one attached hydrogen (secondary N) is 2. The van der Waals surface area contributed by atoms with E-state index in [0.29, 0.717) is 17.4 Å². The maximum absolute atomic E-state index is 12.6. The van der Waals surface area contributed by atoms with Crippen molar-refractivity contribution < 1.29 is 13.2 Å². The SMILES string of the molecule is C[C@@H]1[C@H](C)CCC[C@@H]1NC(=O)c1ccc(NC2=N[C@@H]3CS(=O)(=O)C[C@H]3S2)cc1. The molecule has 1 aromatic rings. The van der Waals surface area contributed by atoms with E-state index < -0.39 is 9.84 Å². The normalized spacial score (nSPS) is 33.8. The maximum atomic E-state index is 12.6. The van der Waals surface area contributed by atoms with Crippen molar-refractivity contribution >= 4 is 38.4 Å². The molecule has 3 aliphatic rings. The summed E-state index contributed by atoms with van der Waals surface area (Å²) in [7, 11) is -2.94. The molecule has 2 fully saturated rings. The van der Waals surface area contributed by atoms with Crippen molar-refractivity contribution in [3.63, 3.8) is 0 Å². The van der Waals surface area contributed by atoms with Crippen LogP contribution in [0.5, 0.6) is 0 Å². The molecular formula is C20H27N3O3S2. The predicted molar refractivity (Wildman–Crippen MR) is 115 cm³/mol. The zero-order valence-electron chi connectivity index (χ0n) is 16.2. The highest BCUT2D eigenvalue weighted by atomic mass is 32.2. The molecule has 28 heavy (non-hydrogen) atoms. The van der Waals surface area contributed by atoms with Gasteiger partial charge in [0.25, 0.3) is 5.91 Å². The molecule has 0 spiro atoms. The fourth-order valence-corrected chi connectivity index (χ4v) is 7.96. The molecule has 2 aliphatic heterocycles. The second-order valence-electron chi connectivity index (χ2n) is 8.28. The van der Waals surface area contributed by atoms with Gasteiger partial charge in [-0.25, -0.2) is 8.42 Å². The Labute approximate surface area is 170 Å². The van der Waals surface area contributed by atoms with Gasteiger partial charge in [0.2, 0.25) is 0 Å². The standard InChI is InChI=1S/C20H27N3O3S2/c1-12-4-3-5-16(13(12)2)22-19(24)14-6-8-15(9-7-14)21-20-23-17-10-28(25,26)11-18(17)27-20/h6-9,12-13,16-18H,3-5,10-11H2,1-2H3,(H,21,23)(H,22,24)/t12-,13-,16+,17-,18-/m1/s1. The Hall–Kier alpha value is -1.54. The number of amides is 1. The van der Waals surface area contributed by atoms with Gasteiger partial charge >= 0.3 is 0 Å². The minimum absolute atomic E-state index is 0.0233. The fourth-order valence-electron chi connectivity index (χ4n) is 4.28. The molecule has 2 heterocycles. The van der Waals surface area contributed by atoms with Gasteiger partial charge in [-0.15, -0.1) is 0 Å². The Morgan fingerprint density at radius 3 is 2.61 bits per heavy atom. The average molecular weight is 422 g/mol. The monoisotopic (exact) mass is 421 g/mol. The smallest absolute Gasteiger partial charge is 0.251 e. The lowest BCUT2D eigenvalue weighted by molar-refractivity contribution is 0.0891. The van der Waals surface area contributed by atoms with Gasteiger partial charge < -0.3 is 10.6 Å². The van der Waals surface area contributed by atoms with Crippen LogP contribution in [0.15, 0.2) is 29.3 Å². The van der Waals surface area contributed by atoms with Crippen LogP contribution in [-0.2, 0) is 9.84 Å². The summed E-state index contributed by atoms with van der Waals surface area (Å²) in [5.41, 5.74) is 1.50. The number of rotatable bonds is 3. The van der Waals surface area contributed by atoms with E-state index in [2.05, 4.69) is 29.5 Å². The Bertz CT molecular complexity index is 882. The molecule has 0 bridgehead atoms. The number of thioether (sulfide) groups is 1. The molecule has 8 heteroatoms. The van der Waals surface area contributed by atoms with Gasteiger partial charge in [-0.1, -0.05) is 38.5 Å². The van der Waals surface area contributed by atoms with Crippen molar-refractivity contribution in [2.24, 2.45) is 16.8 Å². The van der Waals surface area contributed by atoms with E-state index in [1.165, 1.54) is 24.6 Å². The third kappa shape index (κ3) is 4.22. The highest BCUT2D eigenvalue weighted by molar-refractivity contribution is 8.15. The molecule has 0 aromatic heterocycles. The summed E-state index contributed by atoms with van der Waals surface area (Å²) in [5.74, 6) is 1.47. The molecule has 0 unspecified atom stereocenters. The number of aliphatic imine (C=N–C) groups is 1. The molecular weight excluding hydrogens is 394 g/mol. The van der Waals surface area contributed by atoms with Crippen molar-refractivity contribution in [3.8, 4) is 0 Å². The molecule has 1 aromatic carbocycles. The second kappa shape index (κ2) is 7.71. The van der Waals surface area contributed by atoms with Gasteiger partial charge in [-0.2, -0.15) is 0 Å². The number of sulfone groups is 1. The molecule has 4 rings (SSSR count). The molecule has 1 saturated heterocycles. The lowest BCUT2D eigenvalue weighted by atomic mass is 9.78. The van der Waals surface area contributed by atoms with Gasteiger partial charge in [0.15, 0.2) is 15.0 Å². The third-order valence-electron chi connectivity index (χ3n) is 6.24. The van der Waals surface area contributed by atoms with Crippen LogP contribution in [0.1, 0.15) is 43.5 Å². The van der Waals surface area contributed by atoms with Crippen LogP contribution in [0, 0.1) is 11.8 Å². The molecule has 2 N–H and O–H groups in total. The third-order valence-corrected chi connectivity index (χ3v) is 9.38. The van der Waals surface area contributed by atoms with E-state index in [0.717, 1.165) is 17.3 Å². The highest BCUT2D eigenvalue weighted by Gasteiger charge is 2.42. The predicted octanol–water partition coefficient (Wildman–Crippen LogP) is 2.92. The summed E-state index contributed by atoms with van der Waals surface area (Å²) < 4.78 is 23.3.